The molecule has 246 valence electrons. The second-order valence-corrected chi connectivity index (χ2v) is 14.0. The first kappa shape index (κ1) is 34.9. The van der Waals surface area contributed by atoms with Gasteiger partial charge in [0.1, 0.15) is 5.75 Å². The van der Waals surface area contributed by atoms with Gasteiger partial charge in [0.15, 0.2) is 5.79 Å². The Balaban J connectivity index is 1.29. The lowest BCUT2D eigenvalue weighted by atomic mass is 9.82. The van der Waals surface area contributed by atoms with Crippen LogP contribution < -0.4 is 4.74 Å². The molecule has 2 heterocycles. The number of benzene rings is 2. The lowest BCUT2D eigenvalue weighted by molar-refractivity contribution is -0.140. The lowest BCUT2D eigenvalue weighted by Gasteiger charge is -2.40. The quantitative estimate of drug-likeness (QED) is 0.199. The van der Waals surface area contributed by atoms with Crippen molar-refractivity contribution in [1.29, 1.82) is 0 Å². The molecule has 2 aliphatic rings. The van der Waals surface area contributed by atoms with Gasteiger partial charge in [0.05, 0.1) is 64.1 Å². The summed E-state index contributed by atoms with van der Waals surface area (Å²) in [5.41, 5.74) is 2.15. The van der Waals surface area contributed by atoms with Crippen LogP contribution in [0.5, 0.6) is 5.75 Å². The van der Waals surface area contributed by atoms with Crippen molar-refractivity contribution in [3.05, 3.63) is 65.7 Å². The monoisotopic (exact) mass is 612 g/mol. The zero-order valence-corrected chi connectivity index (χ0v) is 27.8. The molecular formula is C37H56O7. The highest BCUT2D eigenvalue weighted by Gasteiger charge is 2.37. The highest BCUT2D eigenvalue weighted by molar-refractivity contribution is 5.26. The van der Waals surface area contributed by atoms with Gasteiger partial charge in [-0.25, -0.2) is 0 Å². The summed E-state index contributed by atoms with van der Waals surface area (Å²) in [5.74, 6) is 0.554. The van der Waals surface area contributed by atoms with Crippen molar-refractivity contribution >= 4 is 0 Å². The van der Waals surface area contributed by atoms with Crippen LogP contribution in [0.1, 0.15) is 90.7 Å². The molecule has 0 amide bonds. The number of methoxy groups -OCH3 is 1. The maximum absolute atomic E-state index is 11.3. The predicted molar refractivity (Wildman–Crippen MR) is 173 cm³/mol. The average Bonchev–Trinajstić information content (AvgIpc) is 3.37. The van der Waals surface area contributed by atoms with Crippen molar-refractivity contribution in [1.82, 2.24) is 0 Å². The summed E-state index contributed by atoms with van der Waals surface area (Å²) in [5, 5.41) is 11.3. The van der Waals surface area contributed by atoms with Gasteiger partial charge in [-0.3, -0.25) is 0 Å². The number of hydrogen-bond donors (Lipinski definition) is 1. The molecule has 6 atom stereocenters. The second kappa shape index (κ2) is 16.5. The highest BCUT2D eigenvalue weighted by atomic mass is 16.7. The molecule has 2 aromatic carbocycles. The number of rotatable bonds is 17. The first-order valence-electron chi connectivity index (χ1n) is 16.5. The van der Waals surface area contributed by atoms with Crippen LogP contribution in [0.3, 0.4) is 0 Å². The van der Waals surface area contributed by atoms with Crippen LogP contribution in [0.15, 0.2) is 54.6 Å². The van der Waals surface area contributed by atoms with Gasteiger partial charge in [-0.1, -0.05) is 63.2 Å². The van der Waals surface area contributed by atoms with Crippen LogP contribution in [0.4, 0.5) is 0 Å². The van der Waals surface area contributed by atoms with Gasteiger partial charge in [-0.05, 0) is 88.0 Å². The molecule has 0 aromatic heterocycles. The minimum Gasteiger partial charge on any atom is -0.497 e. The molecule has 2 aromatic rings. The molecule has 1 N–H and O–H groups in total. The SMILES string of the molecule is COc1ccc(CO[C@H](C[C@@H](O)C[C@@H]2CCC[C@H](C(C)(C)COCc3ccccc3)O2)[C@@H](C)CC[C@@H]2COC(C)(C)O2)cc1. The molecule has 4 rings (SSSR count). The molecule has 0 bridgehead atoms. The second-order valence-electron chi connectivity index (χ2n) is 14.0. The Morgan fingerprint density at radius 1 is 0.977 bits per heavy atom. The third kappa shape index (κ3) is 11.1. The van der Waals surface area contributed by atoms with Crippen LogP contribution in [0.2, 0.25) is 0 Å². The molecular weight excluding hydrogens is 556 g/mol. The summed E-state index contributed by atoms with van der Waals surface area (Å²) < 4.78 is 36.4. The minimum absolute atomic E-state index is 0.0287. The van der Waals surface area contributed by atoms with Crippen molar-refractivity contribution in [3.8, 4) is 5.75 Å². The zero-order chi connectivity index (χ0) is 31.6. The highest BCUT2D eigenvalue weighted by Crippen LogP contribution is 2.35. The van der Waals surface area contributed by atoms with Gasteiger partial charge >= 0.3 is 0 Å². The van der Waals surface area contributed by atoms with E-state index in [0.717, 1.165) is 43.4 Å². The van der Waals surface area contributed by atoms with E-state index in [9.17, 15) is 5.11 Å². The molecule has 0 saturated carbocycles. The summed E-state index contributed by atoms with van der Waals surface area (Å²) >= 11 is 0. The fourth-order valence-electron chi connectivity index (χ4n) is 6.34. The number of ether oxygens (including phenoxy) is 6. The van der Waals surface area contributed by atoms with Crippen LogP contribution in [-0.2, 0) is 36.9 Å². The fraction of sp³-hybridized carbons (Fsp3) is 0.676. The normalized spacial score (nSPS) is 24.1. The van der Waals surface area contributed by atoms with Gasteiger partial charge in [-0.15, -0.1) is 0 Å². The Bertz CT molecular complexity index is 1090. The Labute approximate surface area is 265 Å². The summed E-state index contributed by atoms with van der Waals surface area (Å²) in [6.45, 7) is 12.9. The van der Waals surface area contributed by atoms with Gasteiger partial charge in [0.25, 0.3) is 0 Å². The molecule has 7 nitrogen and oxygen atoms in total. The molecule has 44 heavy (non-hydrogen) atoms. The fourth-order valence-corrected chi connectivity index (χ4v) is 6.34. The van der Waals surface area contributed by atoms with Gasteiger partial charge < -0.3 is 33.5 Å². The van der Waals surface area contributed by atoms with E-state index in [0.29, 0.717) is 39.3 Å². The van der Waals surface area contributed by atoms with E-state index in [1.54, 1.807) is 7.11 Å². The Morgan fingerprint density at radius 2 is 1.70 bits per heavy atom. The smallest absolute Gasteiger partial charge is 0.163 e. The Kier molecular flexibility index (Phi) is 13.1. The van der Waals surface area contributed by atoms with Crippen LogP contribution in [0, 0.1) is 11.3 Å². The maximum Gasteiger partial charge on any atom is 0.163 e. The Morgan fingerprint density at radius 3 is 2.39 bits per heavy atom. The first-order chi connectivity index (χ1) is 21.0. The zero-order valence-electron chi connectivity index (χ0n) is 27.8. The van der Waals surface area contributed by atoms with Gasteiger partial charge in [0.2, 0.25) is 0 Å². The first-order valence-corrected chi connectivity index (χ1v) is 16.5. The van der Waals surface area contributed by atoms with E-state index >= 15 is 0 Å². The molecule has 0 spiro atoms. The third-order valence-corrected chi connectivity index (χ3v) is 9.11. The number of hydrogen-bond acceptors (Lipinski definition) is 7. The standard InChI is InChI=1S/C37H56O7/c1-27(15-18-33-25-42-37(4,5)44-33)34(41-24-29-16-19-31(39-6)20-17-29)22-30(38)21-32-13-10-14-35(43-32)36(2,3)26-40-23-28-11-8-7-9-12-28/h7-9,11-12,16-17,19-20,27,30,32-35,38H,10,13-15,18,21-26H2,1-6H3/t27-,30-,32-,33+,34+,35+/m0/s1. The molecule has 0 unspecified atom stereocenters. The summed E-state index contributed by atoms with van der Waals surface area (Å²) in [7, 11) is 1.67. The van der Waals surface area contributed by atoms with E-state index < -0.39 is 11.9 Å². The van der Waals surface area contributed by atoms with E-state index in [4.69, 9.17) is 28.4 Å². The van der Waals surface area contributed by atoms with E-state index in [-0.39, 0.29) is 35.7 Å². The molecule has 2 aliphatic heterocycles. The van der Waals surface area contributed by atoms with Crippen molar-refractivity contribution in [2.75, 3.05) is 20.3 Å². The largest absolute Gasteiger partial charge is 0.497 e. The topological polar surface area (TPSA) is 75.6 Å². The van der Waals surface area contributed by atoms with Crippen LogP contribution in [0.25, 0.3) is 0 Å². The Hall–Kier alpha value is -2.00. The summed E-state index contributed by atoms with van der Waals surface area (Å²) in [4.78, 5) is 0. The number of aliphatic hydroxyl groups excluding tert-OH is 1. The molecule has 7 heteroatoms. The summed E-state index contributed by atoms with van der Waals surface area (Å²) in [6.07, 6.45) is 5.71. The van der Waals surface area contributed by atoms with E-state index in [1.807, 2.05) is 56.3 Å². The van der Waals surface area contributed by atoms with E-state index in [2.05, 4.69) is 32.9 Å². The predicted octanol–water partition coefficient (Wildman–Crippen LogP) is 7.47. The van der Waals surface area contributed by atoms with Crippen LogP contribution in [-0.4, -0.2) is 61.7 Å². The summed E-state index contributed by atoms with van der Waals surface area (Å²) in [6, 6.07) is 18.3. The molecule has 0 radical (unpaired) electrons. The van der Waals surface area contributed by atoms with Crippen molar-refractivity contribution < 1.29 is 33.5 Å². The minimum atomic E-state index is -0.519. The maximum atomic E-state index is 11.3. The average molecular weight is 613 g/mol. The van der Waals surface area contributed by atoms with Crippen molar-refractivity contribution in [3.63, 3.8) is 0 Å². The third-order valence-electron chi connectivity index (χ3n) is 9.11. The van der Waals surface area contributed by atoms with E-state index in [1.165, 1.54) is 5.56 Å². The lowest BCUT2D eigenvalue weighted by Crippen LogP contribution is -2.42. The van der Waals surface area contributed by atoms with Gasteiger partial charge in [-0.2, -0.15) is 0 Å². The molecule has 2 saturated heterocycles. The molecule has 2 fully saturated rings. The van der Waals surface area contributed by atoms with Gasteiger partial charge in [0, 0.05) is 5.41 Å². The van der Waals surface area contributed by atoms with Crippen LogP contribution >= 0.6 is 0 Å². The number of aliphatic hydroxyl groups is 1. The van der Waals surface area contributed by atoms with Crippen molar-refractivity contribution in [2.24, 2.45) is 11.3 Å². The van der Waals surface area contributed by atoms with Crippen molar-refractivity contribution in [2.45, 2.75) is 129 Å². The molecule has 0 aliphatic carbocycles.